The molecule has 0 aromatic heterocycles. The van der Waals surface area contributed by atoms with Gasteiger partial charge in [0.2, 0.25) is 6.79 Å². The summed E-state index contributed by atoms with van der Waals surface area (Å²) >= 11 is 0. The third kappa shape index (κ3) is 3.55. The Bertz CT molecular complexity index is 506. The molecule has 1 heterocycles. The van der Waals surface area contributed by atoms with Crippen LogP contribution in [0.25, 0.3) is 0 Å². The van der Waals surface area contributed by atoms with Gasteiger partial charge in [-0.3, -0.25) is 0 Å². The van der Waals surface area contributed by atoms with E-state index in [2.05, 4.69) is 21.5 Å². The van der Waals surface area contributed by atoms with Crippen molar-refractivity contribution in [1.82, 2.24) is 10.6 Å². The minimum absolute atomic E-state index is 0.286. The number of nitrogens with one attached hydrogen (secondary N) is 2. The van der Waals surface area contributed by atoms with E-state index in [-0.39, 0.29) is 6.79 Å². The zero-order valence-electron chi connectivity index (χ0n) is 10.9. The third-order valence-electron chi connectivity index (χ3n) is 2.56. The molecule has 0 amide bonds. The summed E-state index contributed by atoms with van der Waals surface area (Å²) in [5.41, 5.74) is 1.06. The maximum atomic E-state index is 5.33. The van der Waals surface area contributed by atoms with Gasteiger partial charge in [-0.2, -0.15) is 0 Å². The number of terminal acetylenes is 1. The molecule has 1 aromatic rings. The Morgan fingerprint density at radius 2 is 2.21 bits per heavy atom. The first kappa shape index (κ1) is 13.1. The number of rotatable bonds is 4. The fraction of sp³-hybridized carbons (Fsp3) is 0.357. The van der Waals surface area contributed by atoms with Gasteiger partial charge in [-0.25, -0.2) is 4.99 Å². The summed E-state index contributed by atoms with van der Waals surface area (Å²) in [5.74, 6) is 4.78. The summed E-state index contributed by atoms with van der Waals surface area (Å²) < 4.78 is 10.6. The minimum atomic E-state index is 0.286. The third-order valence-corrected chi connectivity index (χ3v) is 2.56. The van der Waals surface area contributed by atoms with Crippen molar-refractivity contribution in [2.24, 2.45) is 4.99 Å². The van der Waals surface area contributed by atoms with Gasteiger partial charge in [0.15, 0.2) is 17.5 Å². The Kier molecular flexibility index (Phi) is 4.51. The average Bonchev–Trinajstić information content (AvgIpc) is 2.89. The van der Waals surface area contributed by atoms with E-state index in [4.69, 9.17) is 15.9 Å². The SMILES string of the molecule is C#CCNC(=NCc1ccc2c(c1)OCO2)NCC. The molecule has 0 radical (unpaired) electrons. The van der Waals surface area contributed by atoms with Gasteiger partial charge in [-0.1, -0.05) is 12.0 Å². The molecule has 1 aliphatic rings. The van der Waals surface area contributed by atoms with Crippen molar-refractivity contribution in [2.45, 2.75) is 13.5 Å². The van der Waals surface area contributed by atoms with E-state index in [1.54, 1.807) is 0 Å². The second-order valence-corrected chi connectivity index (χ2v) is 3.94. The van der Waals surface area contributed by atoms with Gasteiger partial charge in [0, 0.05) is 6.54 Å². The molecule has 1 aliphatic heterocycles. The van der Waals surface area contributed by atoms with Crippen molar-refractivity contribution in [1.29, 1.82) is 0 Å². The second kappa shape index (κ2) is 6.55. The normalized spacial score (nSPS) is 12.9. The maximum Gasteiger partial charge on any atom is 0.231 e. The molecule has 0 aliphatic carbocycles. The predicted molar refractivity (Wildman–Crippen MR) is 74.2 cm³/mol. The number of guanidine groups is 1. The van der Waals surface area contributed by atoms with Crippen LogP contribution in [0.15, 0.2) is 23.2 Å². The summed E-state index contributed by atoms with van der Waals surface area (Å²) in [5, 5.41) is 6.17. The molecule has 0 bridgehead atoms. The van der Waals surface area contributed by atoms with Crippen LogP contribution in [0.3, 0.4) is 0 Å². The van der Waals surface area contributed by atoms with E-state index in [1.165, 1.54) is 0 Å². The predicted octanol–water partition coefficient (Wildman–Crippen LogP) is 1.10. The number of benzene rings is 1. The molecule has 0 spiro atoms. The van der Waals surface area contributed by atoms with Gasteiger partial charge in [0.05, 0.1) is 13.1 Å². The van der Waals surface area contributed by atoms with Crippen LogP contribution in [0.4, 0.5) is 0 Å². The fourth-order valence-corrected chi connectivity index (χ4v) is 1.69. The average molecular weight is 259 g/mol. The standard InChI is InChI=1S/C14H17N3O2/c1-3-7-16-14(15-4-2)17-9-11-5-6-12-13(8-11)19-10-18-12/h1,5-6,8H,4,7,9-10H2,2H3,(H2,15,16,17). The number of fused-ring (bicyclic) bond motifs is 1. The van der Waals surface area contributed by atoms with E-state index >= 15 is 0 Å². The van der Waals surface area contributed by atoms with Crippen LogP contribution in [0.2, 0.25) is 0 Å². The van der Waals surface area contributed by atoms with Gasteiger partial charge in [-0.05, 0) is 24.6 Å². The molecule has 1 aromatic carbocycles. The highest BCUT2D eigenvalue weighted by Crippen LogP contribution is 2.32. The Morgan fingerprint density at radius 1 is 1.37 bits per heavy atom. The molecule has 2 rings (SSSR count). The van der Waals surface area contributed by atoms with Crippen LogP contribution in [-0.2, 0) is 6.54 Å². The van der Waals surface area contributed by atoms with Gasteiger partial charge in [-0.15, -0.1) is 6.42 Å². The molecule has 0 atom stereocenters. The first-order valence-corrected chi connectivity index (χ1v) is 6.17. The maximum absolute atomic E-state index is 5.33. The van der Waals surface area contributed by atoms with Crippen molar-refractivity contribution in [3.05, 3.63) is 23.8 Å². The van der Waals surface area contributed by atoms with Crippen LogP contribution in [0.1, 0.15) is 12.5 Å². The molecule has 0 saturated heterocycles. The largest absolute Gasteiger partial charge is 0.454 e. The van der Waals surface area contributed by atoms with Crippen molar-refractivity contribution < 1.29 is 9.47 Å². The fourth-order valence-electron chi connectivity index (χ4n) is 1.69. The van der Waals surface area contributed by atoms with Crippen LogP contribution in [0.5, 0.6) is 11.5 Å². The van der Waals surface area contributed by atoms with E-state index in [0.717, 1.165) is 23.6 Å². The topological polar surface area (TPSA) is 54.9 Å². The zero-order chi connectivity index (χ0) is 13.5. The second-order valence-electron chi connectivity index (χ2n) is 3.94. The molecule has 0 unspecified atom stereocenters. The van der Waals surface area contributed by atoms with Crippen molar-refractivity contribution >= 4 is 5.96 Å². The van der Waals surface area contributed by atoms with Crippen molar-refractivity contribution in [3.63, 3.8) is 0 Å². The lowest BCUT2D eigenvalue weighted by Gasteiger charge is -2.08. The van der Waals surface area contributed by atoms with E-state index < -0.39 is 0 Å². The number of hydrogen-bond donors (Lipinski definition) is 2. The zero-order valence-corrected chi connectivity index (χ0v) is 10.9. The molecule has 5 heteroatoms. The summed E-state index contributed by atoms with van der Waals surface area (Å²) in [4.78, 5) is 4.45. The lowest BCUT2D eigenvalue weighted by molar-refractivity contribution is 0.174. The first-order chi connectivity index (χ1) is 9.33. The van der Waals surface area contributed by atoms with Crippen LogP contribution < -0.4 is 20.1 Å². The molecule has 5 nitrogen and oxygen atoms in total. The van der Waals surface area contributed by atoms with Gasteiger partial charge in [0.1, 0.15) is 0 Å². The van der Waals surface area contributed by atoms with Crippen molar-refractivity contribution in [2.75, 3.05) is 19.9 Å². The van der Waals surface area contributed by atoms with Crippen LogP contribution in [-0.4, -0.2) is 25.8 Å². The Morgan fingerprint density at radius 3 is 3.00 bits per heavy atom. The Balaban J connectivity index is 2.00. The summed E-state index contributed by atoms with van der Waals surface area (Å²) in [7, 11) is 0. The number of ether oxygens (including phenoxy) is 2. The van der Waals surface area contributed by atoms with Crippen LogP contribution >= 0.6 is 0 Å². The highest BCUT2D eigenvalue weighted by molar-refractivity contribution is 5.80. The smallest absolute Gasteiger partial charge is 0.231 e. The molecule has 0 fully saturated rings. The van der Waals surface area contributed by atoms with Gasteiger partial charge < -0.3 is 20.1 Å². The molecule has 0 saturated carbocycles. The van der Waals surface area contributed by atoms with Gasteiger partial charge >= 0.3 is 0 Å². The summed E-state index contributed by atoms with van der Waals surface area (Å²) in [6.07, 6.45) is 5.22. The Hall–Kier alpha value is -2.35. The molecule has 100 valence electrons. The molecular formula is C14H17N3O2. The summed E-state index contributed by atoms with van der Waals surface area (Å²) in [6.45, 7) is 4.09. The lowest BCUT2D eigenvalue weighted by Crippen LogP contribution is -2.37. The van der Waals surface area contributed by atoms with Crippen LogP contribution in [0, 0.1) is 12.3 Å². The lowest BCUT2D eigenvalue weighted by atomic mass is 10.2. The number of hydrogen-bond acceptors (Lipinski definition) is 3. The molecule has 2 N–H and O–H groups in total. The first-order valence-electron chi connectivity index (χ1n) is 6.17. The minimum Gasteiger partial charge on any atom is -0.454 e. The van der Waals surface area contributed by atoms with Crippen molar-refractivity contribution in [3.8, 4) is 23.8 Å². The number of aliphatic imine (C=N–C) groups is 1. The Labute approximate surface area is 113 Å². The highest BCUT2D eigenvalue weighted by Gasteiger charge is 2.12. The van der Waals surface area contributed by atoms with E-state index in [1.807, 2.05) is 25.1 Å². The monoisotopic (exact) mass is 259 g/mol. The number of nitrogens with zero attached hydrogens (tertiary/aromatic N) is 1. The molecular weight excluding hydrogens is 242 g/mol. The van der Waals surface area contributed by atoms with E-state index in [0.29, 0.717) is 19.0 Å². The molecule has 19 heavy (non-hydrogen) atoms. The van der Waals surface area contributed by atoms with E-state index in [9.17, 15) is 0 Å². The highest BCUT2D eigenvalue weighted by atomic mass is 16.7. The summed E-state index contributed by atoms with van der Waals surface area (Å²) in [6, 6.07) is 5.81. The van der Waals surface area contributed by atoms with Gasteiger partial charge in [0.25, 0.3) is 0 Å². The quantitative estimate of drug-likeness (QED) is 0.483.